The van der Waals surface area contributed by atoms with Crippen molar-refractivity contribution in [2.24, 2.45) is 0 Å². The van der Waals surface area contributed by atoms with Crippen LogP contribution in [0.15, 0.2) is 45.9 Å². The van der Waals surface area contributed by atoms with E-state index in [2.05, 4.69) is 20.9 Å². The zero-order valence-electron chi connectivity index (χ0n) is 15.7. The fraction of sp³-hybridized carbons (Fsp3) is 0.400. The minimum atomic E-state index is -0.368. The number of nitrogens with zero attached hydrogens (tertiary/aromatic N) is 1. The van der Waals surface area contributed by atoms with E-state index in [-0.39, 0.29) is 17.8 Å². The first-order valence-electron chi connectivity index (χ1n) is 8.79. The lowest BCUT2D eigenvalue weighted by molar-refractivity contribution is -0.145. The molecular weight excluding hydrogens is 430 g/mol. The second-order valence-corrected chi connectivity index (χ2v) is 7.76. The molecule has 0 saturated heterocycles. The summed E-state index contributed by atoms with van der Waals surface area (Å²) in [6, 6.07) is 11.8. The van der Waals surface area contributed by atoms with Gasteiger partial charge in [0.25, 0.3) is 0 Å². The van der Waals surface area contributed by atoms with Gasteiger partial charge in [-0.3, -0.25) is 0 Å². The third-order valence-electron chi connectivity index (χ3n) is 3.62. The Hall–Kier alpha value is -1.57. The number of pyridine rings is 1. The second kappa shape index (κ2) is 11.3. The summed E-state index contributed by atoms with van der Waals surface area (Å²) in [5, 5.41) is 0.0770. The summed E-state index contributed by atoms with van der Waals surface area (Å²) >= 11 is 5.12. The molecule has 1 heterocycles. The van der Waals surface area contributed by atoms with Crippen LogP contribution >= 0.6 is 27.7 Å². The van der Waals surface area contributed by atoms with Crippen molar-refractivity contribution in [3.8, 4) is 5.75 Å². The molecular formula is C20H24BrNO4S. The molecule has 0 radical (unpaired) electrons. The van der Waals surface area contributed by atoms with Crippen LogP contribution in [-0.4, -0.2) is 37.4 Å². The summed E-state index contributed by atoms with van der Waals surface area (Å²) in [7, 11) is 0. The summed E-state index contributed by atoms with van der Waals surface area (Å²) in [5.74, 6) is 0.308. The number of hydrogen-bond acceptors (Lipinski definition) is 6. The van der Waals surface area contributed by atoms with E-state index in [1.54, 1.807) is 18.7 Å². The zero-order chi connectivity index (χ0) is 19.6. The number of esters is 1. The first kappa shape index (κ1) is 21.7. The smallest absolute Gasteiger partial charge is 0.344 e. The van der Waals surface area contributed by atoms with Crippen molar-refractivity contribution in [2.45, 2.75) is 30.9 Å². The van der Waals surface area contributed by atoms with Crippen LogP contribution in [0.2, 0.25) is 0 Å². The van der Waals surface area contributed by atoms with Gasteiger partial charge in [0.1, 0.15) is 10.4 Å². The molecule has 0 aliphatic heterocycles. The minimum absolute atomic E-state index is 0.0770. The summed E-state index contributed by atoms with van der Waals surface area (Å²) in [6.45, 7) is 7.20. The van der Waals surface area contributed by atoms with Gasteiger partial charge in [0, 0.05) is 11.5 Å². The molecule has 1 unspecified atom stereocenters. The summed E-state index contributed by atoms with van der Waals surface area (Å²) in [6.07, 6.45) is 0. The van der Waals surface area contributed by atoms with Gasteiger partial charge in [-0.2, -0.15) is 0 Å². The van der Waals surface area contributed by atoms with E-state index in [1.807, 2.05) is 50.2 Å². The highest BCUT2D eigenvalue weighted by Gasteiger charge is 2.16. The maximum absolute atomic E-state index is 11.4. The molecule has 146 valence electrons. The maximum Gasteiger partial charge on any atom is 0.344 e. The number of rotatable bonds is 10. The molecule has 0 aliphatic rings. The SMILES string of the molecule is CCOCC(Sc1ccc(OCC(=O)OCC)c(C)c1)c1cccc(Br)n1. The van der Waals surface area contributed by atoms with Gasteiger partial charge >= 0.3 is 5.97 Å². The molecule has 0 fully saturated rings. The number of ether oxygens (including phenoxy) is 3. The Kier molecular flexibility index (Phi) is 9.10. The van der Waals surface area contributed by atoms with Gasteiger partial charge < -0.3 is 14.2 Å². The number of carbonyl (C=O) groups excluding carboxylic acids is 1. The molecule has 2 rings (SSSR count). The zero-order valence-corrected chi connectivity index (χ0v) is 18.1. The molecule has 0 bridgehead atoms. The lowest BCUT2D eigenvalue weighted by atomic mass is 10.2. The number of aryl methyl sites for hydroxylation is 1. The maximum atomic E-state index is 11.4. The molecule has 7 heteroatoms. The van der Waals surface area contributed by atoms with Crippen LogP contribution in [0.4, 0.5) is 0 Å². The van der Waals surface area contributed by atoms with Gasteiger partial charge in [0.05, 0.1) is 24.2 Å². The Bertz CT molecular complexity index is 757. The summed E-state index contributed by atoms with van der Waals surface area (Å²) in [4.78, 5) is 17.1. The van der Waals surface area contributed by atoms with E-state index < -0.39 is 0 Å². The fourth-order valence-electron chi connectivity index (χ4n) is 2.37. The largest absolute Gasteiger partial charge is 0.482 e. The third-order valence-corrected chi connectivity index (χ3v) is 5.25. The standard InChI is InChI=1S/C20H24BrNO4S/c1-4-24-12-18(16-7-6-8-19(21)22-16)27-15-9-10-17(14(3)11-15)26-13-20(23)25-5-2/h6-11,18H,4-5,12-13H2,1-3H3. The summed E-state index contributed by atoms with van der Waals surface area (Å²) in [5.41, 5.74) is 1.92. The molecule has 0 spiro atoms. The normalized spacial score (nSPS) is 11.9. The fourth-order valence-corrected chi connectivity index (χ4v) is 3.86. The van der Waals surface area contributed by atoms with E-state index in [4.69, 9.17) is 14.2 Å². The first-order valence-corrected chi connectivity index (χ1v) is 10.5. The molecule has 5 nitrogen and oxygen atoms in total. The highest BCUT2D eigenvalue weighted by molar-refractivity contribution is 9.10. The van der Waals surface area contributed by atoms with Crippen LogP contribution in [-0.2, 0) is 14.3 Å². The lowest BCUT2D eigenvalue weighted by Crippen LogP contribution is -2.14. The van der Waals surface area contributed by atoms with Crippen LogP contribution in [0.3, 0.4) is 0 Å². The molecule has 27 heavy (non-hydrogen) atoms. The molecule has 1 aromatic carbocycles. The van der Waals surface area contributed by atoms with Crippen LogP contribution in [0.25, 0.3) is 0 Å². The quantitative estimate of drug-likeness (QED) is 0.287. The van der Waals surface area contributed by atoms with Gasteiger partial charge in [-0.1, -0.05) is 6.07 Å². The Morgan fingerprint density at radius 3 is 2.70 bits per heavy atom. The summed E-state index contributed by atoms with van der Waals surface area (Å²) < 4.78 is 16.9. The number of benzene rings is 1. The minimum Gasteiger partial charge on any atom is -0.482 e. The Balaban J connectivity index is 2.08. The Morgan fingerprint density at radius 2 is 2.04 bits per heavy atom. The number of halogens is 1. The predicted octanol–water partition coefficient (Wildman–Crippen LogP) is 4.96. The van der Waals surface area contributed by atoms with Crippen molar-refractivity contribution < 1.29 is 19.0 Å². The van der Waals surface area contributed by atoms with Crippen LogP contribution in [0.1, 0.15) is 30.4 Å². The van der Waals surface area contributed by atoms with E-state index >= 15 is 0 Å². The topological polar surface area (TPSA) is 57.7 Å². The van der Waals surface area contributed by atoms with Crippen molar-refractivity contribution in [1.29, 1.82) is 0 Å². The molecule has 2 aromatic rings. The molecule has 0 N–H and O–H groups in total. The van der Waals surface area contributed by atoms with Gasteiger partial charge in [-0.25, -0.2) is 9.78 Å². The van der Waals surface area contributed by atoms with Crippen molar-refractivity contribution in [1.82, 2.24) is 4.98 Å². The number of aromatic nitrogens is 1. The van der Waals surface area contributed by atoms with Gasteiger partial charge in [-0.05, 0) is 72.6 Å². The van der Waals surface area contributed by atoms with Gasteiger partial charge in [-0.15, -0.1) is 11.8 Å². The van der Waals surface area contributed by atoms with Crippen molar-refractivity contribution in [2.75, 3.05) is 26.4 Å². The Morgan fingerprint density at radius 1 is 1.22 bits per heavy atom. The van der Waals surface area contributed by atoms with Crippen molar-refractivity contribution >= 4 is 33.7 Å². The lowest BCUT2D eigenvalue weighted by Gasteiger charge is -2.17. The third kappa shape index (κ3) is 7.16. The molecule has 0 amide bonds. The van der Waals surface area contributed by atoms with Gasteiger partial charge in [0.2, 0.25) is 0 Å². The number of hydrogen-bond donors (Lipinski definition) is 0. The molecule has 0 saturated carbocycles. The monoisotopic (exact) mass is 453 g/mol. The average molecular weight is 454 g/mol. The van der Waals surface area contributed by atoms with E-state index in [9.17, 15) is 4.79 Å². The molecule has 1 aromatic heterocycles. The van der Waals surface area contributed by atoms with Gasteiger partial charge in [0.15, 0.2) is 6.61 Å². The van der Waals surface area contributed by atoms with E-state index in [0.29, 0.717) is 25.6 Å². The van der Waals surface area contributed by atoms with E-state index in [0.717, 1.165) is 20.8 Å². The second-order valence-electron chi connectivity index (χ2n) is 5.67. The van der Waals surface area contributed by atoms with Crippen LogP contribution < -0.4 is 4.74 Å². The van der Waals surface area contributed by atoms with Crippen molar-refractivity contribution in [3.05, 3.63) is 52.3 Å². The molecule has 0 aliphatic carbocycles. The van der Waals surface area contributed by atoms with Crippen molar-refractivity contribution in [3.63, 3.8) is 0 Å². The predicted molar refractivity (Wildman–Crippen MR) is 110 cm³/mol. The number of thioether (sulfide) groups is 1. The van der Waals surface area contributed by atoms with E-state index in [1.165, 1.54) is 0 Å². The average Bonchev–Trinajstić information content (AvgIpc) is 2.64. The highest BCUT2D eigenvalue weighted by Crippen LogP contribution is 2.36. The molecule has 1 atom stereocenters. The highest BCUT2D eigenvalue weighted by atomic mass is 79.9. The first-order chi connectivity index (χ1) is 13.0. The Labute approximate surface area is 172 Å². The van der Waals surface area contributed by atoms with Crippen LogP contribution in [0, 0.1) is 6.92 Å². The van der Waals surface area contributed by atoms with Crippen LogP contribution in [0.5, 0.6) is 5.75 Å². The number of carbonyl (C=O) groups is 1.